The second-order valence-electron chi connectivity index (χ2n) is 7.35. The maximum Gasteiger partial charge on any atom is 0.236 e. The van der Waals surface area contributed by atoms with Gasteiger partial charge in [-0.2, -0.15) is 0 Å². The van der Waals surface area contributed by atoms with Gasteiger partial charge in [0, 0.05) is 48.7 Å². The molecular formula is C20H26N4O. The Morgan fingerprint density at radius 3 is 2.96 bits per heavy atom. The zero-order valence-corrected chi connectivity index (χ0v) is 14.8. The molecule has 2 atom stereocenters. The lowest BCUT2D eigenvalue weighted by Crippen LogP contribution is -2.41. The fourth-order valence-corrected chi connectivity index (χ4v) is 4.13. The second-order valence-corrected chi connectivity index (χ2v) is 7.35. The molecule has 2 aliphatic heterocycles. The number of carbonyl (C=O) groups is 1. The number of hydrogen-bond donors (Lipinski definition) is 1. The minimum Gasteiger partial charge on any atom is -0.379 e. The van der Waals surface area contributed by atoms with Crippen LogP contribution in [0.15, 0.2) is 36.7 Å². The van der Waals surface area contributed by atoms with Crippen molar-refractivity contribution in [2.75, 3.05) is 31.5 Å². The number of carbonyl (C=O) groups excluding carboxylic acids is 1. The van der Waals surface area contributed by atoms with Gasteiger partial charge in [-0.3, -0.25) is 14.7 Å². The highest BCUT2D eigenvalue weighted by Crippen LogP contribution is 2.24. The number of likely N-dealkylation sites (tertiary alicyclic amines) is 2. The highest BCUT2D eigenvalue weighted by Gasteiger charge is 2.29. The number of hydrogen-bond acceptors (Lipinski definition) is 4. The number of fused-ring (bicyclic) bond motifs is 1. The Kier molecular flexibility index (Phi) is 4.57. The third-order valence-corrected chi connectivity index (χ3v) is 5.53. The Balaban J connectivity index is 1.37. The molecule has 1 N–H and O–H groups in total. The third kappa shape index (κ3) is 3.47. The van der Waals surface area contributed by atoms with Gasteiger partial charge >= 0.3 is 0 Å². The number of nitrogens with zero attached hydrogens (tertiary/aromatic N) is 3. The van der Waals surface area contributed by atoms with Crippen LogP contribution in [0, 0.1) is 0 Å². The average molecular weight is 338 g/mol. The lowest BCUT2D eigenvalue weighted by molar-refractivity contribution is -0.132. The van der Waals surface area contributed by atoms with Crippen molar-refractivity contribution in [3.63, 3.8) is 0 Å². The Labute approximate surface area is 149 Å². The summed E-state index contributed by atoms with van der Waals surface area (Å²) in [6.07, 6.45) is 7.15. The minimum atomic E-state index is 0.289. The van der Waals surface area contributed by atoms with Crippen LogP contribution >= 0.6 is 0 Å². The van der Waals surface area contributed by atoms with E-state index < -0.39 is 0 Å². The smallest absolute Gasteiger partial charge is 0.236 e. The van der Waals surface area contributed by atoms with Crippen molar-refractivity contribution in [1.82, 2.24) is 14.8 Å². The van der Waals surface area contributed by atoms with Gasteiger partial charge in [0.25, 0.3) is 0 Å². The van der Waals surface area contributed by atoms with E-state index in [9.17, 15) is 4.79 Å². The SMILES string of the molecule is C[C@@H]1CCCN1C(=O)CN1CC[C@H](Nc2cncc3ccccc23)C1. The van der Waals surface area contributed by atoms with Crippen molar-refractivity contribution in [2.24, 2.45) is 0 Å². The fraction of sp³-hybridized carbons (Fsp3) is 0.500. The highest BCUT2D eigenvalue weighted by atomic mass is 16.2. The summed E-state index contributed by atoms with van der Waals surface area (Å²) in [4.78, 5) is 21.2. The molecule has 132 valence electrons. The lowest BCUT2D eigenvalue weighted by atomic mass is 10.1. The standard InChI is InChI=1S/C20H26N4O/c1-15-5-4-9-24(15)20(25)14-23-10-8-17(13-23)22-19-12-21-11-16-6-2-3-7-18(16)19/h2-3,6-7,11-12,15,17,22H,4-5,8-10,13-14H2,1H3/t15-,17+/m1/s1. The van der Waals surface area contributed by atoms with E-state index in [1.54, 1.807) is 0 Å². The van der Waals surface area contributed by atoms with E-state index in [2.05, 4.69) is 45.2 Å². The molecule has 1 aromatic carbocycles. The molecule has 2 fully saturated rings. The molecule has 0 unspecified atom stereocenters. The first-order valence-corrected chi connectivity index (χ1v) is 9.32. The van der Waals surface area contributed by atoms with Gasteiger partial charge in [-0.25, -0.2) is 0 Å². The van der Waals surface area contributed by atoms with E-state index in [-0.39, 0.29) is 5.91 Å². The summed E-state index contributed by atoms with van der Waals surface area (Å²) in [6.45, 7) is 5.53. The van der Waals surface area contributed by atoms with Gasteiger partial charge in [-0.05, 0) is 26.2 Å². The maximum atomic E-state index is 12.5. The van der Waals surface area contributed by atoms with Crippen molar-refractivity contribution in [3.8, 4) is 0 Å². The molecule has 4 rings (SSSR count). The molecule has 0 radical (unpaired) electrons. The van der Waals surface area contributed by atoms with Crippen LogP contribution in [-0.4, -0.2) is 59.0 Å². The van der Waals surface area contributed by atoms with Crippen LogP contribution in [0.25, 0.3) is 10.8 Å². The Hall–Kier alpha value is -2.14. The second kappa shape index (κ2) is 7.00. The van der Waals surface area contributed by atoms with E-state index >= 15 is 0 Å². The fourth-order valence-electron chi connectivity index (χ4n) is 4.13. The first kappa shape index (κ1) is 16.3. The topological polar surface area (TPSA) is 48.5 Å². The largest absolute Gasteiger partial charge is 0.379 e. The summed E-state index contributed by atoms with van der Waals surface area (Å²) in [7, 11) is 0. The van der Waals surface area contributed by atoms with Crippen molar-refractivity contribution in [3.05, 3.63) is 36.7 Å². The van der Waals surface area contributed by atoms with Crippen LogP contribution in [0.4, 0.5) is 5.69 Å². The number of benzene rings is 1. The number of aromatic nitrogens is 1. The zero-order chi connectivity index (χ0) is 17.2. The summed E-state index contributed by atoms with van der Waals surface area (Å²) in [5.74, 6) is 0.289. The van der Waals surface area contributed by atoms with E-state index in [1.807, 2.05) is 18.5 Å². The first-order chi connectivity index (χ1) is 12.2. The van der Waals surface area contributed by atoms with Crippen LogP contribution in [0.1, 0.15) is 26.2 Å². The molecule has 25 heavy (non-hydrogen) atoms. The Morgan fingerprint density at radius 1 is 1.24 bits per heavy atom. The third-order valence-electron chi connectivity index (χ3n) is 5.53. The molecule has 0 spiro atoms. The predicted molar refractivity (Wildman–Crippen MR) is 101 cm³/mol. The summed E-state index contributed by atoms with van der Waals surface area (Å²) >= 11 is 0. The van der Waals surface area contributed by atoms with Crippen LogP contribution in [0.3, 0.4) is 0 Å². The molecule has 3 heterocycles. The number of rotatable bonds is 4. The van der Waals surface area contributed by atoms with E-state index in [4.69, 9.17) is 0 Å². The molecule has 0 saturated carbocycles. The van der Waals surface area contributed by atoms with Gasteiger partial charge < -0.3 is 10.2 Å². The van der Waals surface area contributed by atoms with E-state index in [0.717, 1.165) is 50.0 Å². The van der Waals surface area contributed by atoms with Gasteiger partial charge in [0.15, 0.2) is 0 Å². The van der Waals surface area contributed by atoms with Gasteiger partial charge in [-0.1, -0.05) is 24.3 Å². The monoisotopic (exact) mass is 338 g/mol. The van der Waals surface area contributed by atoms with E-state index in [1.165, 1.54) is 5.39 Å². The molecule has 0 aliphatic carbocycles. The lowest BCUT2D eigenvalue weighted by Gasteiger charge is -2.24. The number of anilines is 1. The summed E-state index contributed by atoms with van der Waals surface area (Å²) < 4.78 is 0. The molecule has 5 heteroatoms. The maximum absolute atomic E-state index is 12.5. The summed E-state index contributed by atoms with van der Waals surface area (Å²) in [6, 6.07) is 9.09. The normalized spacial score (nSPS) is 24.1. The molecule has 1 amide bonds. The summed E-state index contributed by atoms with van der Waals surface area (Å²) in [5, 5.41) is 6.00. The number of nitrogens with one attached hydrogen (secondary N) is 1. The van der Waals surface area contributed by atoms with Gasteiger partial charge in [0.1, 0.15) is 0 Å². The Morgan fingerprint density at radius 2 is 2.12 bits per heavy atom. The average Bonchev–Trinajstić information content (AvgIpc) is 3.24. The van der Waals surface area contributed by atoms with Crippen LogP contribution in [0.5, 0.6) is 0 Å². The van der Waals surface area contributed by atoms with Crippen molar-refractivity contribution in [1.29, 1.82) is 0 Å². The quantitative estimate of drug-likeness (QED) is 0.931. The molecule has 1 aromatic heterocycles. The van der Waals surface area contributed by atoms with Crippen molar-refractivity contribution < 1.29 is 4.79 Å². The molecule has 2 aliphatic rings. The molecule has 5 nitrogen and oxygen atoms in total. The van der Waals surface area contributed by atoms with Crippen LogP contribution < -0.4 is 5.32 Å². The summed E-state index contributed by atoms with van der Waals surface area (Å²) in [5.41, 5.74) is 1.09. The number of pyridine rings is 1. The molecular weight excluding hydrogens is 312 g/mol. The first-order valence-electron chi connectivity index (χ1n) is 9.32. The Bertz CT molecular complexity index is 757. The number of amides is 1. The highest BCUT2D eigenvalue weighted by molar-refractivity contribution is 5.92. The molecule has 2 saturated heterocycles. The minimum absolute atomic E-state index is 0.289. The van der Waals surface area contributed by atoms with Crippen molar-refractivity contribution in [2.45, 2.75) is 38.3 Å². The van der Waals surface area contributed by atoms with Gasteiger partial charge in [0.05, 0.1) is 18.4 Å². The zero-order valence-electron chi connectivity index (χ0n) is 14.8. The molecule has 2 aromatic rings. The van der Waals surface area contributed by atoms with Crippen molar-refractivity contribution >= 4 is 22.4 Å². The van der Waals surface area contributed by atoms with Crippen LogP contribution in [-0.2, 0) is 4.79 Å². The molecule has 0 bridgehead atoms. The predicted octanol–water partition coefficient (Wildman–Crippen LogP) is 2.73. The van der Waals surface area contributed by atoms with Gasteiger partial charge in [0.2, 0.25) is 5.91 Å². The van der Waals surface area contributed by atoms with E-state index in [0.29, 0.717) is 18.6 Å². The van der Waals surface area contributed by atoms with Gasteiger partial charge in [-0.15, -0.1) is 0 Å². The van der Waals surface area contributed by atoms with Crippen LogP contribution in [0.2, 0.25) is 0 Å².